The second kappa shape index (κ2) is 21.0. The minimum atomic E-state index is -4.95. The van der Waals surface area contributed by atoms with Crippen molar-refractivity contribution in [3.8, 4) is 22.8 Å². The van der Waals surface area contributed by atoms with Crippen LogP contribution < -0.4 is 15.5 Å². The fraction of sp³-hybridized carbons (Fsp3) is 0.534. The molecule has 3 aromatic heterocycles. The van der Waals surface area contributed by atoms with Gasteiger partial charge in [-0.3, -0.25) is 9.59 Å². The van der Waals surface area contributed by atoms with E-state index in [4.69, 9.17) is 15.0 Å². The highest BCUT2D eigenvalue weighted by Gasteiger charge is 2.71. The van der Waals surface area contributed by atoms with Gasteiger partial charge in [0.2, 0.25) is 11.8 Å². The summed E-state index contributed by atoms with van der Waals surface area (Å²) >= 11 is 0. The first-order valence-corrected chi connectivity index (χ1v) is 27.2. The molecule has 4 aliphatic carbocycles. The summed E-state index contributed by atoms with van der Waals surface area (Å²) in [6, 6.07) is 22.0. The maximum absolute atomic E-state index is 17.6. The van der Waals surface area contributed by atoms with Crippen molar-refractivity contribution in [1.82, 2.24) is 34.7 Å². The van der Waals surface area contributed by atoms with Crippen molar-refractivity contribution in [3.63, 3.8) is 0 Å². The van der Waals surface area contributed by atoms with E-state index in [-0.39, 0.29) is 35.3 Å². The Labute approximate surface area is 420 Å². The van der Waals surface area contributed by atoms with Crippen LogP contribution in [0.15, 0.2) is 85.1 Å². The van der Waals surface area contributed by atoms with E-state index in [1.807, 2.05) is 71.4 Å². The maximum atomic E-state index is 17.6. The van der Waals surface area contributed by atoms with Gasteiger partial charge in [0.15, 0.2) is 11.1 Å². The summed E-state index contributed by atoms with van der Waals surface area (Å²) in [6.45, 7) is 5.71. The minimum Gasteiger partial charge on any atom is -0.357 e. The van der Waals surface area contributed by atoms with E-state index in [2.05, 4.69) is 33.9 Å². The largest absolute Gasteiger partial charge is 0.419 e. The second-order valence-electron chi connectivity index (χ2n) is 21.1. The summed E-state index contributed by atoms with van der Waals surface area (Å²) in [5, 5.41) is 7.42. The van der Waals surface area contributed by atoms with Gasteiger partial charge in [0, 0.05) is 42.5 Å². The number of para-hydroxylation sites is 4. The molecule has 4 fully saturated rings. The van der Waals surface area contributed by atoms with Crippen LogP contribution in [0.25, 0.3) is 44.8 Å². The van der Waals surface area contributed by atoms with E-state index < -0.39 is 40.5 Å². The van der Waals surface area contributed by atoms with Gasteiger partial charge < -0.3 is 24.7 Å². The summed E-state index contributed by atoms with van der Waals surface area (Å²) in [6.07, 6.45) is 13.4. The summed E-state index contributed by atoms with van der Waals surface area (Å²) < 4.78 is 63.6. The number of carbonyl (C=O) groups excluding carboxylic acids is 2. The summed E-state index contributed by atoms with van der Waals surface area (Å²) in [7, 11) is 0. The van der Waals surface area contributed by atoms with Gasteiger partial charge in [-0.2, -0.15) is 13.2 Å². The Morgan fingerprint density at radius 2 is 1.01 bits per heavy atom. The topological polar surface area (TPSA) is 110 Å². The average Bonchev–Trinajstić information content (AvgIpc) is 3.99. The zero-order valence-electron chi connectivity index (χ0n) is 42.0. The number of carbonyl (C=O) groups is 2. The Kier molecular flexibility index (Phi) is 14.5. The zero-order chi connectivity index (χ0) is 50.0. The van der Waals surface area contributed by atoms with Gasteiger partial charge in [0.25, 0.3) is 0 Å². The monoisotopic (exact) mass is 987 g/mol. The van der Waals surface area contributed by atoms with Gasteiger partial charge in [-0.25, -0.2) is 19.3 Å². The number of anilines is 1. The minimum absolute atomic E-state index is 0.0829. The number of aromatic nitrogens is 5. The molecule has 2 N–H and O–H groups in total. The smallest absolute Gasteiger partial charge is 0.357 e. The number of alkyl halides is 3. The summed E-state index contributed by atoms with van der Waals surface area (Å²) in [5.41, 5.74) is -1.98. The molecule has 72 heavy (non-hydrogen) atoms. The maximum Gasteiger partial charge on any atom is 0.419 e. The third-order valence-electron chi connectivity index (χ3n) is 17.0. The second-order valence-corrected chi connectivity index (χ2v) is 21.1. The van der Waals surface area contributed by atoms with Gasteiger partial charge in [0.1, 0.15) is 23.3 Å². The van der Waals surface area contributed by atoms with E-state index in [1.54, 1.807) is 0 Å². The van der Waals surface area contributed by atoms with Gasteiger partial charge in [-0.1, -0.05) is 107 Å². The molecule has 0 aliphatic heterocycles. The molecule has 6 aromatic rings. The van der Waals surface area contributed by atoms with Crippen molar-refractivity contribution in [2.45, 2.75) is 172 Å². The first-order valence-electron chi connectivity index (χ1n) is 27.2. The third-order valence-corrected chi connectivity index (χ3v) is 17.0. The molecule has 2 unspecified atom stereocenters. The zero-order valence-corrected chi connectivity index (χ0v) is 42.0. The average molecular weight is 987 g/mol. The van der Waals surface area contributed by atoms with Crippen molar-refractivity contribution in [2.24, 2.45) is 11.8 Å². The number of amides is 2. The number of rotatable bonds is 14. The Balaban J connectivity index is 1.41. The summed E-state index contributed by atoms with van der Waals surface area (Å²) in [4.78, 5) is 53.1. The first kappa shape index (κ1) is 49.8. The fourth-order valence-electron chi connectivity index (χ4n) is 13.7. The van der Waals surface area contributed by atoms with Gasteiger partial charge in [-0.15, -0.1) is 0 Å². The molecule has 14 heteroatoms. The molecular weight excluding hydrogens is 917 g/mol. The predicted octanol–water partition coefficient (Wildman–Crippen LogP) is 13.3. The Morgan fingerprint density at radius 3 is 1.43 bits per heavy atom. The van der Waals surface area contributed by atoms with Crippen molar-refractivity contribution in [1.29, 1.82) is 0 Å². The van der Waals surface area contributed by atoms with Gasteiger partial charge in [-0.05, 0) is 126 Å². The molecule has 0 radical (unpaired) electrons. The number of nitrogens with zero attached hydrogens (tertiary/aromatic N) is 6. The summed E-state index contributed by atoms with van der Waals surface area (Å²) in [5.74, 6) is -1.57. The standard InChI is InChI=1S/C58H70F4N8O2/c1-3-68(4-2)51-36-34-40(38-63-51)53-67-48-30-18-20-32-50(48)70(53)57(42-23-11-6-12-24-42,55(72)65-44-27-15-8-16-28-44)56(41-21-9-5-10-22-41,54(71)64-43-25-13-7-14-26-43)69-49-31-19-17-29-47(49)66-52(69)39-33-35-45(46(59)37-39)58(60,61)62/h17-20,29-38,41-44H,3-16,21-28H2,1-2H3,(H,64,71)(H,65,72). The number of hydrogen-bond acceptors (Lipinski definition) is 6. The number of pyridine rings is 1. The molecule has 0 saturated heterocycles. The molecule has 4 aliphatic rings. The lowest BCUT2D eigenvalue weighted by molar-refractivity contribution is -0.163. The van der Waals surface area contributed by atoms with Crippen molar-refractivity contribution in [2.75, 3.05) is 18.0 Å². The van der Waals surface area contributed by atoms with Crippen LogP contribution in [0.5, 0.6) is 0 Å². The van der Waals surface area contributed by atoms with Crippen molar-refractivity contribution in [3.05, 3.63) is 96.4 Å². The number of hydrogen-bond donors (Lipinski definition) is 2. The van der Waals surface area contributed by atoms with E-state index in [0.29, 0.717) is 59.1 Å². The highest BCUT2D eigenvalue weighted by atomic mass is 19.4. The molecule has 4 saturated carbocycles. The van der Waals surface area contributed by atoms with Crippen molar-refractivity contribution < 1.29 is 27.2 Å². The van der Waals surface area contributed by atoms with E-state index in [0.717, 1.165) is 134 Å². The van der Waals surface area contributed by atoms with Crippen LogP contribution in [-0.4, -0.2) is 61.1 Å². The predicted molar refractivity (Wildman–Crippen MR) is 276 cm³/mol. The van der Waals surface area contributed by atoms with Gasteiger partial charge in [0.05, 0.1) is 27.6 Å². The molecule has 2 atom stereocenters. The molecule has 3 aromatic carbocycles. The molecular formula is C58H70F4N8O2. The van der Waals surface area contributed by atoms with Crippen LogP contribution in [0.3, 0.4) is 0 Å². The normalized spacial score (nSPS) is 19.8. The number of benzene rings is 3. The molecule has 10 nitrogen and oxygen atoms in total. The lowest BCUT2D eigenvalue weighted by Gasteiger charge is -2.59. The highest BCUT2D eigenvalue weighted by molar-refractivity contribution is 6.01. The van der Waals surface area contributed by atoms with Crippen LogP contribution in [0.4, 0.5) is 23.4 Å². The van der Waals surface area contributed by atoms with Crippen LogP contribution in [0, 0.1) is 17.7 Å². The molecule has 382 valence electrons. The molecule has 0 bridgehead atoms. The molecule has 3 heterocycles. The Hall–Kier alpha value is -5.79. The van der Waals surface area contributed by atoms with E-state index in [9.17, 15) is 13.2 Å². The Bertz CT molecular complexity index is 2850. The van der Waals surface area contributed by atoms with Crippen LogP contribution >= 0.6 is 0 Å². The highest BCUT2D eigenvalue weighted by Crippen LogP contribution is 2.59. The SMILES string of the molecule is CCN(CC)c1ccc(-c2nc3ccccc3n2C(C(=O)NC2CCCCC2)(C2CCCCC2)C(C(=O)NC2CCCCC2)(C2CCCCC2)n2c(-c3ccc(C(F)(F)F)c(F)c3)nc3ccccc32)cn1. The first-order chi connectivity index (χ1) is 35.0. The molecule has 10 rings (SSSR count). The molecule has 0 spiro atoms. The lowest BCUT2D eigenvalue weighted by Crippen LogP contribution is -2.76. The Morgan fingerprint density at radius 1 is 0.583 bits per heavy atom. The quantitative estimate of drug-likeness (QED) is 0.105. The number of nitrogens with one attached hydrogen (secondary N) is 2. The van der Waals surface area contributed by atoms with Gasteiger partial charge >= 0.3 is 6.18 Å². The fourth-order valence-corrected chi connectivity index (χ4v) is 13.7. The lowest BCUT2D eigenvalue weighted by atomic mass is 9.55. The van der Waals surface area contributed by atoms with Crippen LogP contribution in [0.2, 0.25) is 0 Å². The van der Waals surface area contributed by atoms with E-state index in [1.165, 1.54) is 6.07 Å². The third kappa shape index (κ3) is 8.86. The number of halogens is 4. The van der Waals surface area contributed by atoms with Crippen LogP contribution in [0.1, 0.15) is 148 Å². The van der Waals surface area contributed by atoms with E-state index >= 15 is 14.0 Å². The van der Waals surface area contributed by atoms with Crippen molar-refractivity contribution >= 4 is 39.7 Å². The van der Waals surface area contributed by atoms with Crippen LogP contribution in [-0.2, 0) is 26.8 Å². The molecule has 2 amide bonds. The number of fused-ring (bicyclic) bond motifs is 2. The number of imidazole rings is 2.